The van der Waals surface area contributed by atoms with Crippen LogP contribution in [0, 0.1) is 0 Å². The number of piperazine rings is 1. The first kappa shape index (κ1) is 19.8. The molecule has 1 amide bonds. The number of amides is 1. The summed E-state index contributed by atoms with van der Waals surface area (Å²) in [5.74, 6) is 1.16. The van der Waals surface area contributed by atoms with E-state index in [0.29, 0.717) is 11.5 Å². The van der Waals surface area contributed by atoms with Gasteiger partial charge in [-0.15, -0.1) is 0 Å². The minimum Gasteiger partial charge on any atom is -0.493 e. The number of methoxy groups -OCH3 is 2. The van der Waals surface area contributed by atoms with Gasteiger partial charge in [0, 0.05) is 49.3 Å². The first-order valence-electron chi connectivity index (χ1n) is 9.38. The molecule has 7 nitrogen and oxygen atoms in total. The van der Waals surface area contributed by atoms with Crippen molar-refractivity contribution in [3.63, 3.8) is 0 Å². The molecule has 0 unspecified atom stereocenters. The van der Waals surface area contributed by atoms with Crippen LogP contribution in [0.3, 0.4) is 0 Å². The standard InChI is InChI=1S/C21H28N4O3/c1-24-10-12-25(13-11-24)18-7-4-16(5-8-18)23-21(26)15-22-17-6-9-19(27-2)20(14-17)28-3/h4-9,14,22H,10-13,15H2,1-3H3,(H,23,26). The molecule has 1 heterocycles. The molecule has 2 aromatic carbocycles. The van der Waals surface area contributed by atoms with Gasteiger partial charge in [0.2, 0.25) is 5.91 Å². The van der Waals surface area contributed by atoms with Gasteiger partial charge >= 0.3 is 0 Å². The van der Waals surface area contributed by atoms with Gasteiger partial charge in [-0.1, -0.05) is 0 Å². The lowest BCUT2D eigenvalue weighted by molar-refractivity contribution is -0.114. The van der Waals surface area contributed by atoms with Crippen LogP contribution < -0.4 is 25.0 Å². The number of carbonyl (C=O) groups excluding carboxylic acids is 1. The average Bonchev–Trinajstić information content (AvgIpc) is 2.73. The molecule has 2 N–H and O–H groups in total. The van der Waals surface area contributed by atoms with Crippen molar-refractivity contribution >= 4 is 23.0 Å². The summed E-state index contributed by atoms with van der Waals surface area (Å²) >= 11 is 0. The Bertz CT molecular complexity index is 787. The zero-order valence-electron chi connectivity index (χ0n) is 16.7. The summed E-state index contributed by atoms with van der Waals surface area (Å²) in [5, 5.41) is 6.01. The monoisotopic (exact) mass is 384 g/mol. The Morgan fingerprint density at radius 3 is 2.21 bits per heavy atom. The minimum atomic E-state index is -0.109. The van der Waals surface area contributed by atoms with E-state index < -0.39 is 0 Å². The van der Waals surface area contributed by atoms with Crippen molar-refractivity contribution < 1.29 is 14.3 Å². The van der Waals surface area contributed by atoms with Crippen LogP contribution in [0.1, 0.15) is 0 Å². The average molecular weight is 384 g/mol. The van der Waals surface area contributed by atoms with Crippen molar-refractivity contribution in [2.24, 2.45) is 0 Å². The van der Waals surface area contributed by atoms with Crippen LogP contribution in [0.15, 0.2) is 42.5 Å². The zero-order valence-corrected chi connectivity index (χ0v) is 16.7. The summed E-state index contributed by atoms with van der Waals surface area (Å²) in [6.07, 6.45) is 0. The molecule has 0 bridgehead atoms. The van der Waals surface area contributed by atoms with Crippen LogP contribution >= 0.6 is 0 Å². The molecule has 1 saturated heterocycles. The number of likely N-dealkylation sites (N-methyl/N-ethyl adjacent to an activating group) is 1. The molecule has 0 aliphatic carbocycles. The maximum absolute atomic E-state index is 12.2. The normalized spacial score (nSPS) is 14.5. The molecule has 3 rings (SSSR count). The summed E-state index contributed by atoms with van der Waals surface area (Å²) < 4.78 is 10.5. The molecule has 0 spiro atoms. The highest BCUT2D eigenvalue weighted by Gasteiger charge is 2.14. The van der Waals surface area contributed by atoms with Crippen LogP contribution in [0.4, 0.5) is 17.1 Å². The van der Waals surface area contributed by atoms with Crippen LogP contribution in [-0.2, 0) is 4.79 Å². The third-order valence-corrected chi connectivity index (χ3v) is 4.86. The minimum absolute atomic E-state index is 0.109. The van der Waals surface area contributed by atoms with E-state index in [-0.39, 0.29) is 12.5 Å². The lowest BCUT2D eigenvalue weighted by Gasteiger charge is -2.34. The van der Waals surface area contributed by atoms with Gasteiger partial charge in [-0.25, -0.2) is 0 Å². The molecule has 28 heavy (non-hydrogen) atoms. The quantitative estimate of drug-likeness (QED) is 0.765. The zero-order chi connectivity index (χ0) is 19.9. The van der Waals surface area contributed by atoms with E-state index in [4.69, 9.17) is 9.47 Å². The number of hydrogen-bond acceptors (Lipinski definition) is 6. The first-order valence-corrected chi connectivity index (χ1v) is 9.38. The molecule has 0 radical (unpaired) electrons. The van der Waals surface area contributed by atoms with Crippen LogP contribution in [-0.4, -0.2) is 64.8 Å². The number of rotatable bonds is 7. The Labute approximate surface area is 166 Å². The number of carbonyl (C=O) groups is 1. The van der Waals surface area contributed by atoms with Crippen LogP contribution in [0.2, 0.25) is 0 Å². The summed E-state index contributed by atoms with van der Waals surface area (Å²) in [5.41, 5.74) is 2.77. The maximum atomic E-state index is 12.2. The molecule has 0 aromatic heterocycles. The van der Waals surface area contributed by atoms with Gasteiger partial charge in [0.1, 0.15) is 0 Å². The molecule has 2 aromatic rings. The van der Waals surface area contributed by atoms with E-state index in [1.54, 1.807) is 26.4 Å². The Morgan fingerprint density at radius 1 is 0.929 bits per heavy atom. The highest BCUT2D eigenvalue weighted by molar-refractivity contribution is 5.94. The fraction of sp³-hybridized carbons (Fsp3) is 0.381. The van der Waals surface area contributed by atoms with Gasteiger partial charge < -0.3 is 29.9 Å². The van der Waals surface area contributed by atoms with Crippen LogP contribution in [0.5, 0.6) is 11.5 Å². The fourth-order valence-corrected chi connectivity index (χ4v) is 3.15. The van der Waals surface area contributed by atoms with Gasteiger partial charge in [0.05, 0.1) is 20.8 Å². The summed E-state index contributed by atoms with van der Waals surface area (Å²) in [7, 11) is 5.32. The van der Waals surface area contributed by atoms with Crippen molar-refractivity contribution in [3.8, 4) is 11.5 Å². The molecule has 0 atom stereocenters. The van der Waals surface area contributed by atoms with Gasteiger partial charge in [-0.3, -0.25) is 4.79 Å². The predicted molar refractivity (Wildman–Crippen MR) is 113 cm³/mol. The molecular weight excluding hydrogens is 356 g/mol. The summed E-state index contributed by atoms with van der Waals surface area (Å²) in [4.78, 5) is 16.9. The fourth-order valence-electron chi connectivity index (χ4n) is 3.15. The number of nitrogens with one attached hydrogen (secondary N) is 2. The van der Waals surface area contributed by atoms with Crippen molar-refractivity contribution in [1.82, 2.24) is 4.90 Å². The Kier molecular flexibility index (Phi) is 6.60. The van der Waals surface area contributed by atoms with E-state index in [1.807, 2.05) is 18.2 Å². The van der Waals surface area contributed by atoms with Gasteiger partial charge in [-0.05, 0) is 43.4 Å². The summed E-state index contributed by atoms with van der Waals surface area (Å²) in [6.45, 7) is 4.35. The topological polar surface area (TPSA) is 66.1 Å². The molecule has 1 fully saturated rings. The van der Waals surface area contributed by atoms with E-state index >= 15 is 0 Å². The first-order chi connectivity index (χ1) is 13.6. The number of anilines is 3. The van der Waals surface area contributed by atoms with Gasteiger partial charge in [0.25, 0.3) is 0 Å². The molecular formula is C21H28N4O3. The number of benzene rings is 2. The van der Waals surface area contributed by atoms with Gasteiger partial charge in [-0.2, -0.15) is 0 Å². The molecule has 150 valence electrons. The SMILES string of the molecule is COc1ccc(NCC(=O)Nc2ccc(N3CCN(C)CC3)cc2)cc1OC. The lowest BCUT2D eigenvalue weighted by Crippen LogP contribution is -2.44. The Hall–Kier alpha value is -2.93. The Morgan fingerprint density at radius 2 is 1.57 bits per heavy atom. The van der Waals surface area contributed by atoms with E-state index in [2.05, 4.69) is 39.6 Å². The summed E-state index contributed by atoms with van der Waals surface area (Å²) in [6, 6.07) is 13.5. The predicted octanol–water partition coefficient (Wildman–Crippen LogP) is 2.51. The van der Waals surface area contributed by atoms with Crippen molar-refractivity contribution in [2.45, 2.75) is 0 Å². The smallest absolute Gasteiger partial charge is 0.243 e. The third kappa shape index (κ3) is 5.07. The third-order valence-electron chi connectivity index (χ3n) is 4.86. The molecule has 7 heteroatoms. The van der Waals surface area contributed by atoms with Crippen LogP contribution in [0.25, 0.3) is 0 Å². The second kappa shape index (κ2) is 9.32. The number of ether oxygens (including phenoxy) is 2. The second-order valence-corrected chi connectivity index (χ2v) is 6.81. The second-order valence-electron chi connectivity index (χ2n) is 6.81. The Balaban J connectivity index is 1.51. The van der Waals surface area contributed by atoms with Gasteiger partial charge in [0.15, 0.2) is 11.5 Å². The van der Waals surface area contributed by atoms with E-state index in [0.717, 1.165) is 37.6 Å². The van der Waals surface area contributed by atoms with E-state index in [1.165, 1.54) is 5.69 Å². The van der Waals surface area contributed by atoms with Crippen molar-refractivity contribution in [2.75, 3.05) is 69.5 Å². The lowest BCUT2D eigenvalue weighted by atomic mass is 10.2. The van der Waals surface area contributed by atoms with Crippen molar-refractivity contribution in [3.05, 3.63) is 42.5 Å². The van der Waals surface area contributed by atoms with E-state index in [9.17, 15) is 4.79 Å². The highest BCUT2D eigenvalue weighted by Crippen LogP contribution is 2.29. The maximum Gasteiger partial charge on any atom is 0.243 e. The molecule has 0 saturated carbocycles. The molecule has 1 aliphatic heterocycles. The highest BCUT2D eigenvalue weighted by atomic mass is 16.5. The van der Waals surface area contributed by atoms with Crippen molar-refractivity contribution in [1.29, 1.82) is 0 Å². The number of hydrogen-bond donors (Lipinski definition) is 2. The largest absolute Gasteiger partial charge is 0.493 e. The number of nitrogens with zero attached hydrogens (tertiary/aromatic N) is 2. The molecule has 1 aliphatic rings.